The Morgan fingerprint density at radius 1 is 1.19 bits per heavy atom. The summed E-state index contributed by atoms with van der Waals surface area (Å²) in [5.74, 6) is 5.60. The van der Waals surface area contributed by atoms with Crippen LogP contribution < -0.4 is 11.3 Å². The number of hydrogen-bond donors (Lipinski definition) is 2. The van der Waals surface area contributed by atoms with Gasteiger partial charge in [0.2, 0.25) is 0 Å². The summed E-state index contributed by atoms with van der Waals surface area (Å²) in [6.07, 6.45) is 2.15. The van der Waals surface area contributed by atoms with Gasteiger partial charge in [0.05, 0.1) is 0 Å². The molecular weight excluding hydrogens is 196 g/mol. The van der Waals surface area contributed by atoms with Gasteiger partial charge in [-0.25, -0.2) is 0 Å². The average molecular weight is 220 g/mol. The van der Waals surface area contributed by atoms with Gasteiger partial charge in [-0.15, -0.1) is 0 Å². The van der Waals surface area contributed by atoms with Crippen LogP contribution in [0.5, 0.6) is 0 Å². The van der Waals surface area contributed by atoms with E-state index < -0.39 is 0 Å². The van der Waals surface area contributed by atoms with Gasteiger partial charge in [-0.05, 0) is 30.7 Å². The Labute approximate surface area is 99.2 Å². The third kappa shape index (κ3) is 3.95. The molecule has 1 aromatic rings. The maximum absolute atomic E-state index is 5.60. The molecule has 0 aliphatic heterocycles. The van der Waals surface area contributed by atoms with Crippen molar-refractivity contribution in [1.29, 1.82) is 0 Å². The third-order valence-corrected chi connectivity index (χ3v) is 3.09. The summed E-state index contributed by atoms with van der Waals surface area (Å²) < 4.78 is 0. The zero-order valence-corrected chi connectivity index (χ0v) is 10.9. The molecular formula is C14H24N2. The number of nitrogens with two attached hydrogens (primary N) is 1. The van der Waals surface area contributed by atoms with E-state index in [-0.39, 0.29) is 5.41 Å². The van der Waals surface area contributed by atoms with E-state index in [1.807, 2.05) is 0 Å². The number of hydrazine groups is 1. The summed E-state index contributed by atoms with van der Waals surface area (Å²) in [5, 5.41) is 0. The van der Waals surface area contributed by atoms with Crippen molar-refractivity contribution in [2.24, 2.45) is 11.3 Å². The lowest BCUT2D eigenvalue weighted by Crippen LogP contribution is -2.44. The molecule has 0 aliphatic carbocycles. The fourth-order valence-corrected chi connectivity index (χ4v) is 1.83. The normalized spacial score (nSPS) is 13.8. The van der Waals surface area contributed by atoms with Crippen molar-refractivity contribution >= 4 is 0 Å². The van der Waals surface area contributed by atoms with Gasteiger partial charge in [0.25, 0.3) is 0 Å². The third-order valence-electron chi connectivity index (χ3n) is 3.09. The Morgan fingerprint density at radius 2 is 1.75 bits per heavy atom. The lowest BCUT2D eigenvalue weighted by Gasteiger charge is -2.30. The molecule has 90 valence electrons. The highest BCUT2D eigenvalue weighted by Crippen LogP contribution is 2.22. The molecule has 1 atom stereocenters. The first-order valence-electron chi connectivity index (χ1n) is 5.95. The molecule has 0 bridgehead atoms. The molecule has 0 saturated carbocycles. The highest BCUT2D eigenvalue weighted by atomic mass is 15.2. The Hall–Kier alpha value is -0.860. The minimum absolute atomic E-state index is 0.208. The first kappa shape index (κ1) is 13.2. The van der Waals surface area contributed by atoms with Crippen LogP contribution in [0.4, 0.5) is 0 Å². The highest BCUT2D eigenvalue weighted by Gasteiger charge is 2.22. The van der Waals surface area contributed by atoms with Crippen LogP contribution in [0.25, 0.3) is 0 Å². The van der Waals surface area contributed by atoms with Crippen LogP contribution in [-0.4, -0.2) is 6.04 Å². The van der Waals surface area contributed by atoms with Crippen molar-refractivity contribution in [3.63, 3.8) is 0 Å². The second-order valence-electron chi connectivity index (χ2n) is 5.61. The molecule has 2 nitrogen and oxygen atoms in total. The molecule has 0 saturated heterocycles. The monoisotopic (exact) mass is 220 g/mol. The summed E-state index contributed by atoms with van der Waals surface area (Å²) in [7, 11) is 0. The van der Waals surface area contributed by atoms with Crippen LogP contribution in [0.3, 0.4) is 0 Å². The van der Waals surface area contributed by atoms with Crippen molar-refractivity contribution in [3.05, 3.63) is 35.4 Å². The standard InChI is InChI=1S/C14H24N2/c1-11-5-7-12(8-6-11)9-10-13(16-15)14(2,3)4/h5-8,13,16H,9-10,15H2,1-4H3. The van der Waals surface area contributed by atoms with Crippen molar-refractivity contribution in [2.75, 3.05) is 0 Å². The van der Waals surface area contributed by atoms with E-state index in [0.29, 0.717) is 6.04 Å². The Kier molecular flexibility index (Phi) is 4.51. The van der Waals surface area contributed by atoms with E-state index in [1.54, 1.807) is 0 Å². The zero-order valence-electron chi connectivity index (χ0n) is 10.9. The van der Waals surface area contributed by atoms with E-state index in [4.69, 9.17) is 5.84 Å². The average Bonchev–Trinajstić information content (AvgIpc) is 2.19. The smallest absolute Gasteiger partial charge is 0.0262 e. The molecule has 1 rings (SSSR count). The van der Waals surface area contributed by atoms with Crippen LogP contribution in [0, 0.1) is 12.3 Å². The van der Waals surface area contributed by atoms with Gasteiger partial charge in [-0.1, -0.05) is 50.6 Å². The molecule has 0 heterocycles. The summed E-state index contributed by atoms with van der Waals surface area (Å²) in [4.78, 5) is 0. The zero-order chi connectivity index (χ0) is 12.2. The maximum atomic E-state index is 5.60. The summed E-state index contributed by atoms with van der Waals surface area (Å²) in [6.45, 7) is 8.76. The first-order valence-corrected chi connectivity index (χ1v) is 5.95. The molecule has 16 heavy (non-hydrogen) atoms. The van der Waals surface area contributed by atoms with E-state index in [1.165, 1.54) is 11.1 Å². The minimum atomic E-state index is 0.208. The number of aryl methyl sites for hydroxylation is 2. The predicted octanol–water partition coefficient (Wildman–Crippen LogP) is 2.81. The van der Waals surface area contributed by atoms with Crippen LogP contribution in [0.15, 0.2) is 24.3 Å². The van der Waals surface area contributed by atoms with Gasteiger partial charge >= 0.3 is 0 Å². The summed E-state index contributed by atoms with van der Waals surface area (Å²) >= 11 is 0. The molecule has 0 spiro atoms. The molecule has 0 radical (unpaired) electrons. The van der Waals surface area contributed by atoms with Gasteiger partial charge < -0.3 is 0 Å². The fourth-order valence-electron chi connectivity index (χ4n) is 1.83. The van der Waals surface area contributed by atoms with E-state index in [2.05, 4.69) is 57.4 Å². The minimum Gasteiger partial charge on any atom is -0.271 e. The molecule has 0 aromatic heterocycles. The van der Waals surface area contributed by atoms with Gasteiger partial charge in [0, 0.05) is 6.04 Å². The maximum Gasteiger partial charge on any atom is 0.0262 e. The predicted molar refractivity (Wildman–Crippen MR) is 70.1 cm³/mol. The van der Waals surface area contributed by atoms with Gasteiger partial charge in [-0.2, -0.15) is 0 Å². The van der Waals surface area contributed by atoms with Gasteiger partial charge in [0.1, 0.15) is 0 Å². The number of benzene rings is 1. The Morgan fingerprint density at radius 3 is 2.19 bits per heavy atom. The lowest BCUT2D eigenvalue weighted by atomic mass is 9.84. The Bertz CT molecular complexity index is 309. The molecule has 1 unspecified atom stereocenters. The lowest BCUT2D eigenvalue weighted by molar-refractivity contribution is 0.257. The second-order valence-corrected chi connectivity index (χ2v) is 5.61. The number of rotatable bonds is 4. The first-order chi connectivity index (χ1) is 7.43. The molecule has 2 heteroatoms. The van der Waals surface area contributed by atoms with Crippen molar-refractivity contribution in [2.45, 2.75) is 46.6 Å². The second kappa shape index (κ2) is 5.46. The summed E-state index contributed by atoms with van der Waals surface area (Å²) in [5.41, 5.74) is 5.83. The number of hydrogen-bond acceptors (Lipinski definition) is 2. The van der Waals surface area contributed by atoms with Crippen LogP contribution >= 0.6 is 0 Å². The van der Waals surface area contributed by atoms with Crippen molar-refractivity contribution in [1.82, 2.24) is 5.43 Å². The number of nitrogens with one attached hydrogen (secondary N) is 1. The molecule has 0 fully saturated rings. The van der Waals surface area contributed by atoms with Gasteiger partial charge in [-0.3, -0.25) is 11.3 Å². The largest absolute Gasteiger partial charge is 0.271 e. The van der Waals surface area contributed by atoms with Crippen LogP contribution in [0.2, 0.25) is 0 Å². The highest BCUT2D eigenvalue weighted by molar-refractivity contribution is 5.21. The van der Waals surface area contributed by atoms with Crippen molar-refractivity contribution in [3.8, 4) is 0 Å². The Balaban J connectivity index is 2.53. The van der Waals surface area contributed by atoms with Crippen molar-refractivity contribution < 1.29 is 0 Å². The molecule has 0 aliphatic rings. The quantitative estimate of drug-likeness (QED) is 0.605. The topological polar surface area (TPSA) is 38.0 Å². The SMILES string of the molecule is Cc1ccc(CCC(NN)C(C)(C)C)cc1. The van der Waals surface area contributed by atoms with E-state index in [9.17, 15) is 0 Å². The molecule has 1 aromatic carbocycles. The fraction of sp³-hybridized carbons (Fsp3) is 0.571. The van der Waals surface area contributed by atoms with Gasteiger partial charge in [0.15, 0.2) is 0 Å². The van der Waals surface area contributed by atoms with Crippen LogP contribution in [0.1, 0.15) is 38.3 Å². The molecule has 0 amide bonds. The summed E-state index contributed by atoms with van der Waals surface area (Å²) in [6, 6.07) is 9.08. The molecule has 3 N–H and O–H groups in total. The van der Waals surface area contributed by atoms with E-state index >= 15 is 0 Å². The van der Waals surface area contributed by atoms with Crippen LogP contribution in [-0.2, 0) is 6.42 Å². The van der Waals surface area contributed by atoms with E-state index in [0.717, 1.165) is 12.8 Å².